The summed E-state index contributed by atoms with van der Waals surface area (Å²) in [6.45, 7) is 4.66. The number of allylic oxidation sites excluding steroid dienone is 1. The van der Waals surface area contributed by atoms with Crippen molar-refractivity contribution in [2.45, 2.75) is 19.8 Å². The molecule has 2 heterocycles. The van der Waals surface area contributed by atoms with Crippen LogP contribution in [0.2, 0.25) is 5.02 Å². The number of rotatable bonds is 6. The van der Waals surface area contributed by atoms with Gasteiger partial charge in [0.1, 0.15) is 29.0 Å². The van der Waals surface area contributed by atoms with E-state index in [4.69, 9.17) is 31.5 Å². The van der Waals surface area contributed by atoms with Gasteiger partial charge in [-0.25, -0.2) is 4.39 Å². The van der Waals surface area contributed by atoms with Gasteiger partial charge >= 0.3 is 0 Å². The van der Waals surface area contributed by atoms with Crippen molar-refractivity contribution in [2.24, 2.45) is 5.73 Å². The van der Waals surface area contributed by atoms with Gasteiger partial charge in [0.15, 0.2) is 0 Å². The summed E-state index contributed by atoms with van der Waals surface area (Å²) in [7, 11) is 0. The zero-order chi connectivity index (χ0) is 22.8. The van der Waals surface area contributed by atoms with Crippen molar-refractivity contribution in [1.29, 1.82) is 5.26 Å². The Kier molecular flexibility index (Phi) is 5.93. The van der Waals surface area contributed by atoms with Gasteiger partial charge in [0.05, 0.1) is 30.4 Å². The van der Waals surface area contributed by atoms with E-state index in [0.717, 1.165) is 0 Å². The van der Waals surface area contributed by atoms with Crippen LogP contribution in [0.5, 0.6) is 17.4 Å². The molecule has 32 heavy (non-hydrogen) atoms. The molecular formula is C23H20ClFN4O3. The number of benzene rings is 2. The van der Waals surface area contributed by atoms with Gasteiger partial charge in [-0.1, -0.05) is 17.7 Å². The molecule has 0 spiro atoms. The van der Waals surface area contributed by atoms with Crippen LogP contribution in [0.3, 0.4) is 0 Å². The number of aromatic nitrogens is 2. The second-order valence-electron chi connectivity index (χ2n) is 6.90. The molecule has 0 saturated carbocycles. The molecule has 1 aromatic heterocycles. The second-order valence-corrected chi connectivity index (χ2v) is 7.31. The van der Waals surface area contributed by atoms with Gasteiger partial charge in [-0.2, -0.15) is 5.26 Å². The number of halogens is 2. The number of hydrogen-bond donors (Lipinski definition) is 2. The molecule has 3 N–H and O–H groups in total. The summed E-state index contributed by atoms with van der Waals surface area (Å²) < 4.78 is 32.0. The molecule has 0 saturated heterocycles. The number of nitrogens with zero attached hydrogens (tertiary/aromatic N) is 2. The van der Waals surface area contributed by atoms with Crippen LogP contribution >= 0.6 is 11.6 Å². The topological polar surface area (TPSA) is 106 Å². The number of fused-ring (bicyclic) bond motifs is 1. The maximum absolute atomic E-state index is 15.0. The molecule has 0 fully saturated rings. The van der Waals surface area contributed by atoms with Gasteiger partial charge in [-0.3, -0.25) is 5.10 Å². The first-order chi connectivity index (χ1) is 15.5. The Morgan fingerprint density at radius 2 is 2.00 bits per heavy atom. The van der Waals surface area contributed by atoms with Gasteiger partial charge in [-0.15, -0.1) is 5.10 Å². The smallest absolute Gasteiger partial charge is 0.244 e. The van der Waals surface area contributed by atoms with Crippen LogP contribution in [0.1, 0.15) is 30.9 Å². The minimum Gasteiger partial charge on any atom is -0.494 e. The lowest BCUT2D eigenvalue weighted by Gasteiger charge is -2.25. The molecule has 1 aliphatic rings. The lowest BCUT2D eigenvalue weighted by atomic mass is 9.82. The number of nitrogens with two attached hydrogens (primary N) is 1. The van der Waals surface area contributed by atoms with Gasteiger partial charge in [0, 0.05) is 22.2 Å². The molecule has 0 aliphatic carbocycles. The van der Waals surface area contributed by atoms with Crippen molar-refractivity contribution in [3.8, 4) is 34.7 Å². The lowest BCUT2D eigenvalue weighted by Crippen LogP contribution is -2.21. The van der Waals surface area contributed by atoms with E-state index in [1.54, 1.807) is 24.3 Å². The van der Waals surface area contributed by atoms with Gasteiger partial charge in [0.2, 0.25) is 11.8 Å². The molecule has 7 nitrogen and oxygen atoms in total. The maximum atomic E-state index is 15.0. The quantitative estimate of drug-likeness (QED) is 0.549. The first-order valence-corrected chi connectivity index (χ1v) is 10.4. The van der Waals surface area contributed by atoms with Crippen LogP contribution in [0, 0.1) is 17.1 Å². The van der Waals surface area contributed by atoms with E-state index in [1.807, 2.05) is 19.9 Å². The van der Waals surface area contributed by atoms with Crippen molar-refractivity contribution < 1.29 is 18.6 Å². The maximum Gasteiger partial charge on any atom is 0.244 e. The standard InChI is InChI=1S/C23H20ClFN4O3/c1-3-30-12-8-9-13(17(10-12)31-4-2)21-20-18(19-15(24)6-5-7-16(19)25)14(11-26)22(27)32-23(20)29-28-21/h5-10,18H,3-4,27H2,1-2H3,(H,28,29). The minimum atomic E-state index is -0.924. The molecular weight excluding hydrogens is 435 g/mol. The van der Waals surface area contributed by atoms with E-state index < -0.39 is 11.7 Å². The highest BCUT2D eigenvalue weighted by Gasteiger charge is 2.38. The summed E-state index contributed by atoms with van der Waals surface area (Å²) >= 11 is 6.38. The highest BCUT2D eigenvalue weighted by atomic mass is 35.5. The van der Waals surface area contributed by atoms with Crippen molar-refractivity contribution in [2.75, 3.05) is 13.2 Å². The number of ether oxygens (including phenoxy) is 3. The SMILES string of the molecule is CCOc1ccc(-c2[nH]nc3c2C(c2c(F)cccc2Cl)C(C#N)=C(N)O3)c(OCC)c1. The number of nitriles is 1. The second kappa shape index (κ2) is 8.81. The molecule has 1 aliphatic heterocycles. The molecule has 9 heteroatoms. The molecule has 2 aromatic carbocycles. The first-order valence-electron chi connectivity index (χ1n) is 9.99. The fraction of sp³-hybridized carbons (Fsp3) is 0.217. The van der Waals surface area contributed by atoms with Crippen LogP contribution in [0.4, 0.5) is 4.39 Å². The molecule has 4 rings (SSSR count). The van der Waals surface area contributed by atoms with Crippen molar-refractivity contribution in [3.05, 3.63) is 69.8 Å². The molecule has 0 amide bonds. The third-order valence-corrected chi connectivity index (χ3v) is 5.39. The predicted octanol–water partition coefficient (Wildman–Crippen LogP) is 4.88. The average Bonchev–Trinajstić information content (AvgIpc) is 3.17. The Morgan fingerprint density at radius 3 is 2.69 bits per heavy atom. The van der Waals surface area contributed by atoms with Crippen LogP contribution in [-0.4, -0.2) is 23.4 Å². The van der Waals surface area contributed by atoms with E-state index in [9.17, 15) is 9.65 Å². The zero-order valence-corrected chi connectivity index (χ0v) is 18.2. The summed E-state index contributed by atoms with van der Waals surface area (Å²) in [6, 6.07) is 11.7. The lowest BCUT2D eigenvalue weighted by molar-refractivity contribution is 0.324. The number of H-pyrrole nitrogens is 1. The number of hydrogen-bond acceptors (Lipinski definition) is 6. The molecule has 3 aromatic rings. The highest BCUT2D eigenvalue weighted by Crippen LogP contribution is 2.49. The van der Waals surface area contributed by atoms with E-state index in [-0.39, 0.29) is 27.9 Å². The molecule has 0 radical (unpaired) electrons. The van der Waals surface area contributed by atoms with Crippen LogP contribution in [0.15, 0.2) is 47.9 Å². The normalized spacial score (nSPS) is 15.0. The predicted molar refractivity (Wildman–Crippen MR) is 117 cm³/mol. The Bertz CT molecular complexity index is 1230. The fourth-order valence-electron chi connectivity index (χ4n) is 3.77. The first kappa shape index (κ1) is 21.5. The number of aromatic amines is 1. The van der Waals surface area contributed by atoms with E-state index in [2.05, 4.69) is 10.2 Å². The monoisotopic (exact) mass is 454 g/mol. The number of nitrogens with one attached hydrogen (secondary N) is 1. The van der Waals surface area contributed by atoms with Crippen LogP contribution in [-0.2, 0) is 0 Å². The Labute approximate surface area is 189 Å². The molecule has 1 unspecified atom stereocenters. The molecule has 0 bridgehead atoms. The van der Waals surface area contributed by atoms with Crippen molar-refractivity contribution in [3.63, 3.8) is 0 Å². The van der Waals surface area contributed by atoms with Crippen LogP contribution in [0.25, 0.3) is 11.3 Å². The fourth-order valence-corrected chi connectivity index (χ4v) is 4.04. The van der Waals surface area contributed by atoms with Gasteiger partial charge in [-0.05, 0) is 38.1 Å². The largest absolute Gasteiger partial charge is 0.494 e. The zero-order valence-electron chi connectivity index (χ0n) is 17.4. The summed E-state index contributed by atoms with van der Waals surface area (Å²) in [6.07, 6.45) is 0. The van der Waals surface area contributed by atoms with E-state index in [0.29, 0.717) is 41.5 Å². The van der Waals surface area contributed by atoms with Gasteiger partial charge in [0.25, 0.3) is 0 Å². The average molecular weight is 455 g/mol. The Hall–Kier alpha value is -3.70. The summed E-state index contributed by atoms with van der Waals surface area (Å²) in [4.78, 5) is 0. The molecule has 164 valence electrons. The van der Waals surface area contributed by atoms with Crippen LogP contribution < -0.4 is 19.9 Å². The summed E-state index contributed by atoms with van der Waals surface area (Å²) in [5.41, 5.74) is 7.71. The van der Waals surface area contributed by atoms with Crippen molar-refractivity contribution >= 4 is 11.6 Å². The Balaban J connectivity index is 1.97. The van der Waals surface area contributed by atoms with Gasteiger partial charge < -0.3 is 19.9 Å². The highest BCUT2D eigenvalue weighted by molar-refractivity contribution is 6.31. The van der Waals surface area contributed by atoms with E-state index in [1.165, 1.54) is 12.1 Å². The summed E-state index contributed by atoms with van der Waals surface area (Å²) in [5.74, 6) is -0.340. The van der Waals surface area contributed by atoms with Crippen molar-refractivity contribution in [1.82, 2.24) is 10.2 Å². The Morgan fingerprint density at radius 1 is 1.22 bits per heavy atom. The van der Waals surface area contributed by atoms with E-state index >= 15 is 0 Å². The molecule has 1 atom stereocenters. The summed E-state index contributed by atoms with van der Waals surface area (Å²) in [5, 5.41) is 17.1. The third-order valence-electron chi connectivity index (χ3n) is 5.06. The third kappa shape index (κ3) is 3.61. The minimum absolute atomic E-state index is 0.0380.